The standard InChI is InChI=1S/C24H26N8O2/c1-30-9-11-32(12-10-30)18-5-3-16(4-6-18)29-24(34)21-19(7-8-25-23(21)33)28-17-13-20-22(26-14-17)31(2)15-27-20/h3-8,13-15H,9-12H2,1-2H3,(H,29,34)(H2,25,28,33). The predicted octanol–water partition coefficient (Wildman–Crippen LogP) is 2.40. The van der Waals surface area contributed by atoms with Gasteiger partial charge >= 0.3 is 0 Å². The van der Waals surface area contributed by atoms with E-state index < -0.39 is 11.5 Å². The second kappa shape index (κ2) is 8.99. The highest BCUT2D eigenvalue weighted by Gasteiger charge is 2.18. The lowest BCUT2D eigenvalue weighted by molar-refractivity contribution is 0.102. The first-order valence-electron chi connectivity index (χ1n) is 11.1. The SMILES string of the molecule is CN1CCN(c2ccc(NC(=O)c3c(Nc4cnc5c(c4)ncn5C)cc[nH]c3=O)cc2)CC1. The Labute approximate surface area is 196 Å². The van der Waals surface area contributed by atoms with Gasteiger partial charge in [-0.1, -0.05) is 0 Å². The molecule has 0 unspecified atom stereocenters. The number of nitrogens with one attached hydrogen (secondary N) is 3. The number of carbonyl (C=O) groups excluding carboxylic acids is 1. The lowest BCUT2D eigenvalue weighted by atomic mass is 10.2. The molecule has 0 bridgehead atoms. The van der Waals surface area contributed by atoms with Gasteiger partial charge in [0.05, 0.1) is 23.9 Å². The molecular weight excluding hydrogens is 432 g/mol. The average molecular weight is 459 g/mol. The molecule has 1 aromatic carbocycles. The minimum atomic E-state index is -0.497. The summed E-state index contributed by atoms with van der Waals surface area (Å²) in [4.78, 5) is 41.5. The van der Waals surface area contributed by atoms with Crippen LogP contribution < -0.4 is 21.1 Å². The number of fused-ring (bicyclic) bond motifs is 1. The third-order valence-corrected chi connectivity index (χ3v) is 6.01. The number of H-pyrrole nitrogens is 1. The van der Waals surface area contributed by atoms with Crippen LogP contribution in [-0.4, -0.2) is 63.6 Å². The zero-order chi connectivity index (χ0) is 23.7. The number of amides is 1. The number of pyridine rings is 2. The minimum absolute atomic E-state index is 0.00763. The fraction of sp³-hybridized carbons (Fsp3) is 0.250. The number of imidazole rings is 1. The molecule has 3 N–H and O–H groups in total. The summed E-state index contributed by atoms with van der Waals surface area (Å²) >= 11 is 0. The van der Waals surface area contributed by atoms with E-state index in [4.69, 9.17) is 0 Å². The van der Waals surface area contributed by atoms with Crippen molar-refractivity contribution in [1.29, 1.82) is 0 Å². The van der Waals surface area contributed by atoms with Crippen molar-refractivity contribution >= 4 is 39.8 Å². The van der Waals surface area contributed by atoms with Gasteiger partial charge in [-0.25, -0.2) is 9.97 Å². The van der Waals surface area contributed by atoms with Crippen molar-refractivity contribution in [3.05, 3.63) is 71.0 Å². The second-order valence-electron chi connectivity index (χ2n) is 8.43. The molecule has 0 atom stereocenters. The van der Waals surface area contributed by atoms with Gasteiger partial charge in [0.15, 0.2) is 5.65 Å². The molecule has 10 nitrogen and oxygen atoms in total. The van der Waals surface area contributed by atoms with E-state index in [0.29, 0.717) is 22.6 Å². The Morgan fingerprint density at radius 3 is 2.53 bits per heavy atom. The van der Waals surface area contributed by atoms with Gasteiger partial charge in [0.25, 0.3) is 11.5 Å². The largest absolute Gasteiger partial charge is 0.369 e. The number of anilines is 4. The van der Waals surface area contributed by atoms with Gasteiger partial charge in [0.2, 0.25) is 0 Å². The van der Waals surface area contributed by atoms with Crippen LogP contribution >= 0.6 is 0 Å². The zero-order valence-corrected chi connectivity index (χ0v) is 19.1. The number of hydrogen-bond acceptors (Lipinski definition) is 7. The molecule has 4 heterocycles. The molecule has 0 saturated carbocycles. The summed E-state index contributed by atoms with van der Waals surface area (Å²) < 4.78 is 1.82. The van der Waals surface area contributed by atoms with Gasteiger partial charge in [-0.3, -0.25) is 9.59 Å². The fourth-order valence-electron chi connectivity index (χ4n) is 4.06. The summed E-state index contributed by atoms with van der Waals surface area (Å²) in [6, 6.07) is 11.2. The van der Waals surface area contributed by atoms with E-state index in [9.17, 15) is 9.59 Å². The summed E-state index contributed by atoms with van der Waals surface area (Å²) in [6.45, 7) is 3.98. The molecule has 1 saturated heterocycles. The Bertz CT molecular complexity index is 1380. The van der Waals surface area contributed by atoms with E-state index in [0.717, 1.165) is 37.5 Å². The first-order valence-corrected chi connectivity index (χ1v) is 11.1. The van der Waals surface area contributed by atoms with Gasteiger partial charge in [-0.2, -0.15) is 0 Å². The van der Waals surface area contributed by atoms with Crippen molar-refractivity contribution in [2.45, 2.75) is 0 Å². The molecular formula is C24H26N8O2. The van der Waals surface area contributed by atoms with E-state index in [2.05, 4.69) is 42.4 Å². The van der Waals surface area contributed by atoms with Crippen LogP contribution in [0.25, 0.3) is 11.2 Å². The molecule has 5 rings (SSSR count). The Morgan fingerprint density at radius 2 is 1.76 bits per heavy atom. The maximum Gasteiger partial charge on any atom is 0.263 e. The molecule has 0 spiro atoms. The van der Waals surface area contributed by atoms with Gasteiger partial charge in [0.1, 0.15) is 11.1 Å². The molecule has 0 radical (unpaired) electrons. The van der Waals surface area contributed by atoms with Crippen LogP contribution in [-0.2, 0) is 7.05 Å². The highest BCUT2D eigenvalue weighted by Crippen LogP contribution is 2.23. The highest BCUT2D eigenvalue weighted by atomic mass is 16.2. The van der Waals surface area contributed by atoms with E-state index in [-0.39, 0.29) is 5.56 Å². The number of rotatable bonds is 5. The van der Waals surface area contributed by atoms with Gasteiger partial charge in [-0.15, -0.1) is 0 Å². The molecule has 1 aliphatic heterocycles. The topological polar surface area (TPSA) is 111 Å². The van der Waals surface area contributed by atoms with E-state index in [1.54, 1.807) is 18.6 Å². The van der Waals surface area contributed by atoms with Gasteiger partial charge < -0.3 is 30.0 Å². The molecule has 10 heteroatoms. The second-order valence-corrected chi connectivity index (χ2v) is 8.43. The molecule has 174 valence electrons. The predicted molar refractivity (Wildman–Crippen MR) is 133 cm³/mol. The normalized spacial score (nSPS) is 14.4. The van der Waals surface area contributed by atoms with Crippen LogP contribution in [0.4, 0.5) is 22.7 Å². The number of aryl methyl sites for hydroxylation is 1. The third-order valence-electron chi connectivity index (χ3n) is 6.01. The van der Waals surface area contributed by atoms with Crippen LogP contribution in [0.1, 0.15) is 10.4 Å². The Balaban J connectivity index is 1.34. The number of piperazine rings is 1. The summed E-state index contributed by atoms with van der Waals surface area (Å²) in [6.07, 6.45) is 4.82. The van der Waals surface area contributed by atoms with Crippen LogP contribution in [0.2, 0.25) is 0 Å². The van der Waals surface area contributed by atoms with Crippen LogP contribution in [0.5, 0.6) is 0 Å². The smallest absolute Gasteiger partial charge is 0.263 e. The third kappa shape index (κ3) is 4.35. The zero-order valence-electron chi connectivity index (χ0n) is 19.1. The summed E-state index contributed by atoms with van der Waals surface area (Å²) in [5.41, 5.74) is 3.71. The molecule has 0 aliphatic carbocycles. The van der Waals surface area contributed by atoms with Crippen molar-refractivity contribution in [1.82, 2.24) is 24.4 Å². The highest BCUT2D eigenvalue weighted by molar-refractivity contribution is 6.08. The Morgan fingerprint density at radius 1 is 1.00 bits per heavy atom. The van der Waals surface area contributed by atoms with Crippen molar-refractivity contribution in [3.8, 4) is 0 Å². The monoisotopic (exact) mass is 458 g/mol. The number of aromatic nitrogens is 4. The van der Waals surface area contributed by atoms with Gasteiger partial charge in [0, 0.05) is 50.8 Å². The van der Waals surface area contributed by atoms with Crippen molar-refractivity contribution < 1.29 is 4.79 Å². The number of benzene rings is 1. The molecule has 1 aliphatic rings. The maximum absolute atomic E-state index is 13.1. The summed E-state index contributed by atoms with van der Waals surface area (Å²) in [7, 11) is 3.99. The van der Waals surface area contributed by atoms with E-state index >= 15 is 0 Å². The summed E-state index contributed by atoms with van der Waals surface area (Å²) in [5, 5.41) is 5.97. The van der Waals surface area contributed by atoms with Crippen molar-refractivity contribution in [2.75, 3.05) is 48.8 Å². The first-order chi connectivity index (χ1) is 16.5. The number of hydrogen-bond donors (Lipinski definition) is 3. The molecule has 3 aromatic heterocycles. The molecule has 4 aromatic rings. The van der Waals surface area contributed by atoms with E-state index in [1.165, 1.54) is 6.20 Å². The molecule has 1 fully saturated rings. The average Bonchev–Trinajstić information content (AvgIpc) is 3.20. The molecule has 1 amide bonds. The minimum Gasteiger partial charge on any atom is -0.369 e. The Kier molecular flexibility index (Phi) is 5.72. The quantitative estimate of drug-likeness (QED) is 0.421. The first kappa shape index (κ1) is 21.7. The molecule has 34 heavy (non-hydrogen) atoms. The Hall–Kier alpha value is -4.18. The van der Waals surface area contributed by atoms with Crippen molar-refractivity contribution in [3.63, 3.8) is 0 Å². The van der Waals surface area contributed by atoms with Crippen LogP contribution in [0.3, 0.4) is 0 Å². The van der Waals surface area contributed by atoms with Gasteiger partial charge in [-0.05, 0) is 43.4 Å². The van der Waals surface area contributed by atoms with E-state index in [1.807, 2.05) is 41.9 Å². The number of aromatic amines is 1. The van der Waals surface area contributed by atoms with Crippen LogP contribution in [0, 0.1) is 0 Å². The van der Waals surface area contributed by atoms with Crippen LogP contribution in [0.15, 0.2) is 59.9 Å². The number of carbonyl (C=O) groups is 1. The van der Waals surface area contributed by atoms with Crippen molar-refractivity contribution in [2.24, 2.45) is 7.05 Å². The number of nitrogens with zero attached hydrogens (tertiary/aromatic N) is 5. The lowest BCUT2D eigenvalue weighted by Gasteiger charge is -2.34. The number of likely N-dealkylation sites (N-methyl/N-ethyl adjacent to an activating group) is 1. The lowest BCUT2D eigenvalue weighted by Crippen LogP contribution is -2.44. The summed E-state index contributed by atoms with van der Waals surface area (Å²) in [5.74, 6) is -0.497. The maximum atomic E-state index is 13.1. The fourth-order valence-corrected chi connectivity index (χ4v) is 4.06.